The van der Waals surface area contributed by atoms with Crippen LogP contribution in [0.5, 0.6) is 5.88 Å². The Morgan fingerprint density at radius 2 is 2.42 bits per heavy atom. The average Bonchev–Trinajstić information content (AvgIpc) is 2.04. The smallest absolute Gasteiger partial charge is 0.213 e. The molecule has 0 bridgehead atoms. The Hall–Kier alpha value is -1.09. The summed E-state index contributed by atoms with van der Waals surface area (Å²) in [6.07, 6.45) is 1.76. The third-order valence-electron chi connectivity index (χ3n) is 1.54. The predicted molar refractivity (Wildman–Crippen MR) is 48.1 cm³/mol. The van der Waals surface area contributed by atoms with Crippen LogP contribution in [0.3, 0.4) is 0 Å². The number of pyridine rings is 1. The van der Waals surface area contributed by atoms with Crippen molar-refractivity contribution in [2.24, 2.45) is 5.73 Å². The number of nitrogens with two attached hydrogens (primary N) is 1. The van der Waals surface area contributed by atoms with Crippen LogP contribution >= 0.6 is 0 Å². The molecule has 12 heavy (non-hydrogen) atoms. The summed E-state index contributed by atoms with van der Waals surface area (Å²) in [6, 6.07) is 3.83. The van der Waals surface area contributed by atoms with Gasteiger partial charge in [0.2, 0.25) is 5.88 Å². The molecule has 0 aliphatic heterocycles. The Kier molecular flexibility index (Phi) is 3.05. The van der Waals surface area contributed by atoms with Crippen LogP contribution in [0.1, 0.15) is 12.5 Å². The van der Waals surface area contributed by atoms with Crippen LogP contribution < -0.4 is 10.5 Å². The quantitative estimate of drug-likeness (QED) is 0.731. The molecule has 1 heterocycles. The van der Waals surface area contributed by atoms with E-state index in [1.807, 2.05) is 26.0 Å². The fourth-order valence-corrected chi connectivity index (χ4v) is 0.827. The third kappa shape index (κ3) is 2.51. The van der Waals surface area contributed by atoms with Gasteiger partial charge in [0.05, 0.1) is 0 Å². The van der Waals surface area contributed by atoms with Crippen LogP contribution in [0.25, 0.3) is 0 Å². The minimum atomic E-state index is 0.0271. The number of aryl methyl sites for hydroxylation is 1. The molecule has 0 aliphatic carbocycles. The van der Waals surface area contributed by atoms with E-state index in [1.165, 1.54) is 0 Å². The van der Waals surface area contributed by atoms with Gasteiger partial charge in [-0.2, -0.15) is 0 Å². The molecular formula is C9H14N2O. The summed E-state index contributed by atoms with van der Waals surface area (Å²) >= 11 is 0. The molecule has 3 nitrogen and oxygen atoms in total. The van der Waals surface area contributed by atoms with Crippen molar-refractivity contribution in [3.8, 4) is 5.88 Å². The number of aromatic nitrogens is 1. The molecule has 0 aromatic carbocycles. The van der Waals surface area contributed by atoms with Crippen molar-refractivity contribution in [3.63, 3.8) is 0 Å². The van der Waals surface area contributed by atoms with Crippen molar-refractivity contribution in [2.45, 2.75) is 20.0 Å². The van der Waals surface area contributed by atoms with Gasteiger partial charge in [0.25, 0.3) is 0 Å². The lowest BCUT2D eigenvalue weighted by atomic mass is 10.3. The van der Waals surface area contributed by atoms with Crippen LogP contribution in [0.15, 0.2) is 18.3 Å². The molecule has 0 spiro atoms. The predicted octanol–water partition coefficient (Wildman–Crippen LogP) is 1.12. The molecule has 66 valence electrons. The SMILES string of the molecule is Cc1ccnc(O[C@H](C)CN)c1. The van der Waals surface area contributed by atoms with Crippen molar-refractivity contribution in [3.05, 3.63) is 23.9 Å². The molecule has 1 rings (SSSR count). The normalized spacial score (nSPS) is 12.6. The molecule has 1 atom stereocenters. The maximum Gasteiger partial charge on any atom is 0.213 e. The Morgan fingerprint density at radius 1 is 1.67 bits per heavy atom. The van der Waals surface area contributed by atoms with Gasteiger partial charge in [-0.3, -0.25) is 0 Å². The Morgan fingerprint density at radius 3 is 3.00 bits per heavy atom. The van der Waals surface area contributed by atoms with Gasteiger partial charge in [0.1, 0.15) is 6.10 Å². The molecule has 0 saturated carbocycles. The second-order valence-electron chi connectivity index (χ2n) is 2.84. The van der Waals surface area contributed by atoms with Gasteiger partial charge in [-0.05, 0) is 25.5 Å². The van der Waals surface area contributed by atoms with E-state index in [2.05, 4.69) is 4.98 Å². The molecule has 0 unspecified atom stereocenters. The lowest BCUT2D eigenvalue weighted by molar-refractivity contribution is 0.220. The summed E-state index contributed by atoms with van der Waals surface area (Å²) in [6.45, 7) is 4.43. The van der Waals surface area contributed by atoms with Crippen molar-refractivity contribution in [1.29, 1.82) is 0 Å². The van der Waals surface area contributed by atoms with Crippen molar-refractivity contribution in [2.75, 3.05) is 6.54 Å². The van der Waals surface area contributed by atoms with Crippen molar-refractivity contribution >= 4 is 0 Å². The second-order valence-corrected chi connectivity index (χ2v) is 2.84. The summed E-state index contributed by atoms with van der Waals surface area (Å²) in [5.41, 5.74) is 6.55. The van der Waals surface area contributed by atoms with Crippen molar-refractivity contribution in [1.82, 2.24) is 4.98 Å². The van der Waals surface area contributed by atoms with E-state index in [-0.39, 0.29) is 6.10 Å². The van der Waals surface area contributed by atoms with Gasteiger partial charge in [0.15, 0.2) is 0 Å². The first kappa shape index (κ1) is 9.00. The van der Waals surface area contributed by atoms with E-state index < -0.39 is 0 Å². The van der Waals surface area contributed by atoms with E-state index in [1.54, 1.807) is 6.20 Å². The van der Waals surface area contributed by atoms with E-state index in [0.29, 0.717) is 12.4 Å². The number of rotatable bonds is 3. The van der Waals surface area contributed by atoms with Gasteiger partial charge in [-0.15, -0.1) is 0 Å². The van der Waals surface area contributed by atoms with Gasteiger partial charge in [-0.25, -0.2) is 4.98 Å². The lowest BCUT2D eigenvalue weighted by Crippen LogP contribution is -2.23. The van der Waals surface area contributed by atoms with E-state index in [4.69, 9.17) is 10.5 Å². The monoisotopic (exact) mass is 166 g/mol. The largest absolute Gasteiger partial charge is 0.473 e. The van der Waals surface area contributed by atoms with Crippen LogP contribution in [0, 0.1) is 6.92 Å². The number of nitrogens with zero attached hydrogens (tertiary/aromatic N) is 1. The zero-order valence-corrected chi connectivity index (χ0v) is 7.45. The van der Waals surface area contributed by atoms with Gasteiger partial charge >= 0.3 is 0 Å². The van der Waals surface area contributed by atoms with Crippen LogP contribution in [-0.2, 0) is 0 Å². The number of hydrogen-bond donors (Lipinski definition) is 1. The highest BCUT2D eigenvalue weighted by molar-refractivity contribution is 5.18. The van der Waals surface area contributed by atoms with Crippen molar-refractivity contribution < 1.29 is 4.74 Å². The first-order valence-corrected chi connectivity index (χ1v) is 4.01. The fourth-order valence-electron chi connectivity index (χ4n) is 0.827. The maximum absolute atomic E-state index is 5.41. The highest BCUT2D eigenvalue weighted by Crippen LogP contribution is 2.09. The van der Waals surface area contributed by atoms with Gasteiger partial charge < -0.3 is 10.5 Å². The zero-order valence-electron chi connectivity index (χ0n) is 7.45. The highest BCUT2D eigenvalue weighted by Gasteiger charge is 2.01. The second kappa shape index (κ2) is 4.07. The fraction of sp³-hybridized carbons (Fsp3) is 0.444. The molecule has 0 amide bonds. The van der Waals surface area contributed by atoms with E-state index >= 15 is 0 Å². The third-order valence-corrected chi connectivity index (χ3v) is 1.54. The maximum atomic E-state index is 5.41. The first-order valence-electron chi connectivity index (χ1n) is 4.01. The zero-order chi connectivity index (χ0) is 8.97. The minimum Gasteiger partial charge on any atom is -0.473 e. The summed E-state index contributed by atoms with van der Waals surface area (Å²) < 4.78 is 5.41. The standard InChI is InChI=1S/C9H14N2O/c1-7-3-4-11-9(5-7)12-8(2)6-10/h3-5,8H,6,10H2,1-2H3/t8-/m1/s1. The Labute approximate surface area is 72.6 Å². The molecule has 0 saturated heterocycles. The van der Waals surface area contributed by atoms with Crippen LogP contribution in [0.2, 0.25) is 0 Å². The van der Waals surface area contributed by atoms with Gasteiger partial charge in [0, 0.05) is 18.8 Å². The summed E-state index contributed by atoms with van der Waals surface area (Å²) in [5.74, 6) is 0.646. The molecule has 0 radical (unpaired) electrons. The molecule has 2 N–H and O–H groups in total. The molecule has 1 aromatic heterocycles. The Bertz CT molecular complexity index is 250. The lowest BCUT2D eigenvalue weighted by Gasteiger charge is -2.10. The van der Waals surface area contributed by atoms with Crippen LogP contribution in [0.4, 0.5) is 0 Å². The molecule has 3 heteroatoms. The van der Waals surface area contributed by atoms with E-state index in [0.717, 1.165) is 5.56 Å². The molecule has 0 fully saturated rings. The Balaban J connectivity index is 2.63. The number of hydrogen-bond acceptors (Lipinski definition) is 3. The molecule has 1 aromatic rings. The summed E-state index contributed by atoms with van der Waals surface area (Å²) in [4.78, 5) is 4.05. The minimum absolute atomic E-state index is 0.0271. The first-order chi connectivity index (χ1) is 5.72. The summed E-state index contributed by atoms with van der Waals surface area (Å²) in [7, 11) is 0. The van der Waals surface area contributed by atoms with E-state index in [9.17, 15) is 0 Å². The molecule has 0 aliphatic rings. The van der Waals surface area contributed by atoms with Crippen LogP contribution in [-0.4, -0.2) is 17.6 Å². The van der Waals surface area contributed by atoms with Gasteiger partial charge in [-0.1, -0.05) is 0 Å². The molecular weight excluding hydrogens is 152 g/mol. The summed E-state index contributed by atoms with van der Waals surface area (Å²) in [5, 5.41) is 0. The number of ether oxygens (including phenoxy) is 1. The average molecular weight is 166 g/mol. The highest BCUT2D eigenvalue weighted by atomic mass is 16.5. The topological polar surface area (TPSA) is 48.1 Å².